The molecule has 1 heterocycles. The van der Waals surface area contributed by atoms with E-state index in [4.69, 9.17) is 5.73 Å². The van der Waals surface area contributed by atoms with Crippen LogP contribution in [0.3, 0.4) is 0 Å². The standard InChI is InChI=1S/C13H20N4/c1-4-17(5-2)9(3)10-7-6-8-11-12(10)16-13(14)15-11/h6-9H,4-5H2,1-3H3,(H3,14,15,16). The highest BCUT2D eigenvalue weighted by Gasteiger charge is 2.16. The van der Waals surface area contributed by atoms with Crippen molar-refractivity contribution in [2.75, 3.05) is 18.8 Å². The molecular weight excluding hydrogens is 212 g/mol. The molecule has 0 amide bonds. The van der Waals surface area contributed by atoms with Crippen molar-refractivity contribution in [1.29, 1.82) is 0 Å². The summed E-state index contributed by atoms with van der Waals surface area (Å²) in [5, 5.41) is 0. The number of nitrogen functional groups attached to an aromatic ring is 1. The van der Waals surface area contributed by atoms with Gasteiger partial charge in [0.05, 0.1) is 11.0 Å². The molecule has 3 N–H and O–H groups in total. The van der Waals surface area contributed by atoms with Gasteiger partial charge in [-0.05, 0) is 31.6 Å². The number of rotatable bonds is 4. The van der Waals surface area contributed by atoms with Crippen molar-refractivity contribution < 1.29 is 0 Å². The summed E-state index contributed by atoms with van der Waals surface area (Å²) in [6, 6.07) is 6.54. The maximum absolute atomic E-state index is 5.72. The molecule has 0 saturated carbocycles. The predicted molar refractivity (Wildman–Crippen MR) is 71.8 cm³/mol. The SMILES string of the molecule is CCN(CC)C(C)c1cccc2nc(N)[nH]c12. The van der Waals surface area contributed by atoms with Crippen LogP contribution in [0.4, 0.5) is 5.95 Å². The summed E-state index contributed by atoms with van der Waals surface area (Å²) in [5.41, 5.74) is 8.98. The Morgan fingerprint density at radius 1 is 1.35 bits per heavy atom. The van der Waals surface area contributed by atoms with E-state index >= 15 is 0 Å². The van der Waals surface area contributed by atoms with E-state index in [0.29, 0.717) is 12.0 Å². The molecule has 4 nitrogen and oxygen atoms in total. The van der Waals surface area contributed by atoms with Crippen molar-refractivity contribution in [3.63, 3.8) is 0 Å². The predicted octanol–water partition coefficient (Wildman–Crippen LogP) is 2.55. The first-order valence-electron chi connectivity index (χ1n) is 6.15. The van der Waals surface area contributed by atoms with Gasteiger partial charge in [0.1, 0.15) is 0 Å². The highest BCUT2D eigenvalue weighted by molar-refractivity contribution is 5.81. The lowest BCUT2D eigenvalue weighted by Gasteiger charge is -2.26. The zero-order valence-corrected chi connectivity index (χ0v) is 10.7. The molecule has 0 fully saturated rings. The summed E-state index contributed by atoms with van der Waals surface area (Å²) in [6.45, 7) is 8.66. The number of aromatic nitrogens is 2. The lowest BCUT2D eigenvalue weighted by molar-refractivity contribution is 0.235. The van der Waals surface area contributed by atoms with Gasteiger partial charge in [0.25, 0.3) is 0 Å². The average Bonchev–Trinajstić information content (AvgIpc) is 2.70. The van der Waals surface area contributed by atoms with Gasteiger partial charge in [0, 0.05) is 6.04 Å². The molecule has 0 saturated heterocycles. The minimum atomic E-state index is 0.369. The van der Waals surface area contributed by atoms with Crippen LogP contribution in [0.25, 0.3) is 11.0 Å². The average molecular weight is 232 g/mol. The molecule has 0 bridgehead atoms. The molecule has 4 heteroatoms. The highest BCUT2D eigenvalue weighted by atomic mass is 15.1. The van der Waals surface area contributed by atoms with Gasteiger partial charge in [-0.1, -0.05) is 26.0 Å². The molecule has 1 atom stereocenters. The number of para-hydroxylation sites is 1. The van der Waals surface area contributed by atoms with Crippen LogP contribution in [0.1, 0.15) is 32.4 Å². The van der Waals surface area contributed by atoms with Crippen molar-refractivity contribution >= 4 is 17.0 Å². The lowest BCUT2D eigenvalue weighted by Crippen LogP contribution is -2.26. The summed E-state index contributed by atoms with van der Waals surface area (Å²) in [7, 11) is 0. The fourth-order valence-corrected chi connectivity index (χ4v) is 2.39. The maximum Gasteiger partial charge on any atom is 0.198 e. The lowest BCUT2D eigenvalue weighted by atomic mass is 10.1. The van der Waals surface area contributed by atoms with Gasteiger partial charge >= 0.3 is 0 Å². The van der Waals surface area contributed by atoms with Crippen LogP contribution in [0, 0.1) is 0 Å². The zero-order chi connectivity index (χ0) is 12.4. The molecule has 92 valence electrons. The number of nitrogens with one attached hydrogen (secondary N) is 1. The van der Waals surface area contributed by atoms with Crippen LogP contribution in [0.15, 0.2) is 18.2 Å². The number of H-pyrrole nitrogens is 1. The van der Waals surface area contributed by atoms with Crippen LogP contribution in [0.5, 0.6) is 0 Å². The topological polar surface area (TPSA) is 57.9 Å². The molecule has 2 aromatic rings. The second-order valence-electron chi connectivity index (χ2n) is 4.26. The van der Waals surface area contributed by atoms with Crippen molar-refractivity contribution in [3.05, 3.63) is 23.8 Å². The molecule has 1 aromatic carbocycles. The fraction of sp³-hybridized carbons (Fsp3) is 0.462. The smallest absolute Gasteiger partial charge is 0.198 e. The Bertz CT molecular complexity index is 499. The van der Waals surface area contributed by atoms with E-state index in [1.54, 1.807) is 0 Å². The summed E-state index contributed by atoms with van der Waals surface area (Å²) in [5.74, 6) is 0.485. The van der Waals surface area contributed by atoms with E-state index in [9.17, 15) is 0 Å². The minimum Gasteiger partial charge on any atom is -0.369 e. The molecule has 0 aliphatic heterocycles. The Labute approximate surface area is 102 Å². The highest BCUT2D eigenvalue weighted by Crippen LogP contribution is 2.26. The van der Waals surface area contributed by atoms with Crippen LogP contribution >= 0.6 is 0 Å². The van der Waals surface area contributed by atoms with Gasteiger partial charge in [-0.3, -0.25) is 4.90 Å². The second-order valence-corrected chi connectivity index (χ2v) is 4.26. The Balaban J connectivity index is 2.47. The number of nitrogens with zero attached hydrogens (tertiary/aromatic N) is 2. The van der Waals surface area contributed by atoms with Crippen molar-refractivity contribution in [3.8, 4) is 0 Å². The van der Waals surface area contributed by atoms with Gasteiger partial charge in [0.15, 0.2) is 5.95 Å². The molecule has 1 unspecified atom stereocenters. The van der Waals surface area contributed by atoms with Crippen molar-refractivity contribution in [2.24, 2.45) is 0 Å². The molecule has 0 aliphatic rings. The molecular formula is C13H20N4. The van der Waals surface area contributed by atoms with Crippen LogP contribution in [-0.2, 0) is 0 Å². The van der Waals surface area contributed by atoms with E-state index in [-0.39, 0.29) is 0 Å². The molecule has 0 radical (unpaired) electrons. The van der Waals surface area contributed by atoms with Crippen molar-refractivity contribution in [1.82, 2.24) is 14.9 Å². The molecule has 1 aromatic heterocycles. The minimum absolute atomic E-state index is 0.369. The van der Waals surface area contributed by atoms with Crippen LogP contribution < -0.4 is 5.73 Å². The van der Waals surface area contributed by atoms with Gasteiger partial charge < -0.3 is 10.7 Å². The van der Waals surface area contributed by atoms with E-state index in [1.807, 2.05) is 12.1 Å². The Morgan fingerprint density at radius 2 is 2.06 bits per heavy atom. The molecule has 0 aliphatic carbocycles. The van der Waals surface area contributed by atoms with Crippen LogP contribution in [-0.4, -0.2) is 28.0 Å². The number of benzene rings is 1. The first-order chi connectivity index (χ1) is 8.17. The number of anilines is 1. The summed E-state index contributed by atoms with van der Waals surface area (Å²) in [6.07, 6.45) is 0. The maximum atomic E-state index is 5.72. The van der Waals surface area contributed by atoms with Gasteiger partial charge in [-0.15, -0.1) is 0 Å². The van der Waals surface area contributed by atoms with Gasteiger partial charge in [-0.2, -0.15) is 0 Å². The van der Waals surface area contributed by atoms with Crippen molar-refractivity contribution in [2.45, 2.75) is 26.8 Å². The second kappa shape index (κ2) is 4.75. The van der Waals surface area contributed by atoms with E-state index in [1.165, 1.54) is 5.56 Å². The summed E-state index contributed by atoms with van der Waals surface area (Å²) in [4.78, 5) is 9.83. The van der Waals surface area contributed by atoms with E-state index < -0.39 is 0 Å². The van der Waals surface area contributed by atoms with E-state index in [0.717, 1.165) is 24.1 Å². The molecule has 0 spiro atoms. The third-order valence-corrected chi connectivity index (χ3v) is 3.38. The fourth-order valence-electron chi connectivity index (χ4n) is 2.39. The first-order valence-corrected chi connectivity index (χ1v) is 6.15. The number of aromatic amines is 1. The number of nitrogens with two attached hydrogens (primary N) is 1. The monoisotopic (exact) mass is 232 g/mol. The Morgan fingerprint density at radius 3 is 2.71 bits per heavy atom. The largest absolute Gasteiger partial charge is 0.369 e. The summed E-state index contributed by atoms with van der Waals surface area (Å²) >= 11 is 0. The van der Waals surface area contributed by atoms with Gasteiger partial charge in [-0.25, -0.2) is 4.98 Å². The van der Waals surface area contributed by atoms with Gasteiger partial charge in [0.2, 0.25) is 0 Å². The number of hydrogen-bond acceptors (Lipinski definition) is 3. The first kappa shape index (κ1) is 11.9. The van der Waals surface area contributed by atoms with Crippen LogP contribution in [0.2, 0.25) is 0 Å². The Kier molecular flexibility index (Phi) is 3.33. The third-order valence-electron chi connectivity index (χ3n) is 3.38. The molecule has 17 heavy (non-hydrogen) atoms. The quantitative estimate of drug-likeness (QED) is 0.851. The summed E-state index contributed by atoms with van der Waals surface area (Å²) < 4.78 is 0. The third kappa shape index (κ3) is 2.13. The Hall–Kier alpha value is -1.55. The zero-order valence-electron chi connectivity index (χ0n) is 10.7. The normalized spacial score (nSPS) is 13.4. The number of fused-ring (bicyclic) bond motifs is 1. The van der Waals surface area contributed by atoms with E-state index in [2.05, 4.69) is 41.7 Å². The number of imidazole rings is 1. The number of hydrogen-bond donors (Lipinski definition) is 2. The molecule has 2 rings (SSSR count).